The fraction of sp³-hybridized carbons (Fsp3) is 0. The molecule has 0 aliphatic carbocycles. The maximum absolute atomic E-state index is 9.71. The van der Waals surface area contributed by atoms with Crippen molar-refractivity contribution in [1.82, 2.24) is 0 Å². The molecule has 0 radical (unpaired) electrons. The highest BCUT2D eigenvalue weighted by atomic mass is 32.1. The monoisotopic (exact) mass is 285 g/mol. The molecule has 21 heavy (non-hydrogen) atoms. The molecular formula is C19H11NS. The van der Waals surface area contributed by atoms with Gasteiger partial charge in [-0.2, -0.15) is 5.26 Å². The second-order valence-electron chi connectivity index (χ2n) is 4.94. The zero-order valence-corrected chi connectivity index (χ0v) is 12.0. The maximum atomic E-state index is 9.71. The zero-order chi connectivity index (χ0) is 14.2. The lowest BCUT2D eigenvalue weighted by molar-refractivity contribution is 1.50. The highest BCUT2D eigenvalue weighted by Crippen LogP contribution is 2.39. The van der Waals surface area contributed by atoms with Crippen LogP contribution in [0.2, 0.25) is 0 Å². The van der Waals surface area contributed by atoms with Crippen LogP contribution in [0.15, 0.2) is 66.7 Å². The fourth-order valence-electron chi connectivity index (χ4n) is 2.79. The third-order valence-corrected chi connectivity index (χ3v) is 4.88. The summed E-state index contributed by atoms with van der Waals surface area (Å²) in [6.45, 7) is 0. The molecule has 0 saturated carbocycles. The lowest BCUT2D eigenvalue weighted by atomic mass is 9.96. The van der Waals surface area contributed by atoms with Gasteiger partial charge in [-0.3, -0.25) is 0 Å². The van der Waals surface area contributed by atoms with Crippen LogP contribution in [0.3, 0.4) is 0 Å². The molecule has 1 heterocycles. The minimum absolute atomic E-state index is 0.774. The highest BCUT2D eigenvalue weighted by molar-refractivity contribution is 7.25. The Bertz CT molecular complexity index is 991. The van der Waals surface area contributed by atoms with E-state index in [1.54, 1.807) is 11.3 Å². The Labute approximate surface area is 126 Å². The lowest BCUT2D eigenvalue weighted by Gasteiger charge is -2.05. The first-order valence-corrected chi connectivity index (χ1v) is 7.60. The predicted octanol–water partition coefficient (Wildman–Crippen LogP) is 5.59. The molecule has 0 aliphatic rings. The molecule has 98 valence electrons. The van der Waals surface area contributed by atoms with Crippen LogP contribution in [0, 0.1) is 11.3 Å². The van der Waals surface area contributed by atoms with E-state index in [9.17, 15) is 5.26 Å². The van der Waals surface area contributed by atoms with E-state index in [-0.39, 0.29) is 0 Å². The van der Waals surface area contributed by atoms with Crippen LogP contribution in [-0.2, 0) is 0 Å². The second kappa shape index (κ2) is 4.73. The topological polar surface area (TPSA) is 23.8 Å². The number of rotatable bonds is 1. The first-order chi connectivity index (χ1) is 10.4. The number of nitriles is 1. The summed E-state index contributed by atoms with van der Waals surface area (Å²) in [7, 11) is 0. The molecule has 1 nitrogen and oxygen atoms in total. The number of fused-ring (bicyclic) bond motifs is 3. The maximum Gasteiger partial charge on any atom is 0.100 e. The van der Waals surface area contributed by atoms with Crippen molar-refractivity contribution in [3.8, 4) is 17.2 Å². The molecule has 0 atom stereocenters. The minimum Gasteiger partial charge on any atom is -0.192 e. The summed E-state index contributed by atoms with van der Waals surface area (Å²) in [6, 6.07) is 25.0. The Morgan fingerprint density at radius 1 is 0.762 bits per heavy atom. The Kier molecular flexibility index (Phi) is 2.73. The van der Waals surface area contributed by atoms with E-state index in [1.807, 2.05) is 30.3 Å². The predicted molar refractivity (Wildman–Crippen MR) is 89.5 cm³/mol. The molecule has 4 aromatic rings. The van der Waals surface area contributed by atoms with Crippen molar-refractivity contribution >= 4 is 31.5 Å². The van der Waals surface area contributed by atoms with Crippen LogP contribution in [0.1, 0.15) is 5.56 Å². The second-order valence-corrected chi connectivity index (χ2v) is 6.02. The van der Waals surface area contributed by atoms with E-state index in [4.69, 9.17) is 0 Å². The quantitative estimate of drug-likeness (QED) is 0.447. The summed E-state index contributed by atoms with van der Waals surface area (Å²) in [5, 5.41) is 12.0. The Morgan fingerprint density at radius 3 is 2.33 bits per heavy atom. The van der Waals surface area contributed by atoms with Crippen LogP contribution < -0.4 is 0 Å². The number of hydrogen-bond acceptors (Lipinski definition) is 2. The Hall–Kier alpha value is -2.63. The molecule has 0 spiro atoms. The molecule has 4 rings (SSSR count). The third-order valence-electron chi connectivity index (χ3n) is 3.74. The van der Waals surface area contributed by atoms with Crippen LogP contribution in [0.4, 0.5) is 0 Å². The van der Waals surface area contributed by atoms with Gasteiger partial charge in [0.2, 0.25) is 0 Å². The van der Waals surface area contributed by atoms with E-state index in [0.717, 1.165) is 22.1 Å². The van der Waals surface area contributed by atoms with Gasteiger partial charge >= 0.3 is 0 Å². The summed E-state index contributed by atoms with van der Waals surface area (Å²) in [5.74, 6) is 0. The van der Waals surface area contributed by atoms with Gasteiger partial charge in [0.25, 0.3) is 0 Å². The molecule has 0 N–H and O–H groups in total. The van der Waals surface area contributed by atoms with E-state index in [2.05, 4.69) is 42.5 Å². The van der Waals surface area contributed by atoms with Crippen molar-refractivity contribution in [2.45, 2.75) is 0 Å². The molecule has 1 aromatic heterocycles. The van der Waals surface area contributed by atoms with Gasteiger partial charge in [-0.05, 0) is 17.7 Å². The lowest BCUT2D eigenvalue weighted by Crippen LogP contribution is -1.85. The Morgan fingerprint density at radius 2 is 1.52 bits per heavy atom. The Balaban J connectivity index is 2.15. The summed E-state index contributed by atoms with van der Waals surface area (Å²) in [6.07, 6.45) is 0. The largest absolute Gasteiger partial charge is 0.192 e. The van der Waals surface area contributed by atoms with Crippen LogP contribution in [-0.4, -0.2) is 0 Å². The molecule has 0 fully saturated rings. The average molecular weight is 285 g/mol. The third kappa shape index (κ3) is 1.83. The first kappa shape index (κ1) is 12.1. The minimum atomic E-state index is 0.774. The van der Waals surface area contributed by atoms with Crippen LogP contribution in [0.5, 0.6) is 0 Å². The number of benzene rings is 3. The van der Waals surface area contributed by atoms with Crippen molar-refractivity contribution < 1.29 is 0 Å². The fourth-order valence-corrected chi connectivity index (χ4v) is 3.90. The molecule has 0 aliphatic heterocycles. The summed E-state index contributed by atoms with van der Waals surface area (Å²) >= 11 is 1.74. The molecule has 0 unspecified atom stereocenters. The van der Waals surface area contributed by atoms with Crippen molar-refractivity contribution in [3.63, 3.8) is 0 Å². The molecule has 0 amide bonds. The van der Waals surface area contributed by atoms with Gasteiger partial charge in [-0.25, -0.2) is 0 Å². The average Bonchev–Trinajstić information content (AvgIpc) is 2.93. The van der Waals surface area contributed by atoms with Gasteiger partial charge in [-0.15, -0.1) is 11.3 Å². The first-order valence-electron chi connectivity index (χ1n) is 6.78. The van der Waals surface area contributed by atoms with E-state index in [0.29, 0.717) is 0 Å². The van der Waals surface area contributed by atoms with Crippen LogP contribution >= 0.6 is 11.3 Å². The normalized spacial score (nSPS) is 10.8. The van der Waals surface area contributed by atoms with Gasteiger partial charge in [0.05, 0.1) is 5.56 Å². The number of hydrogen-bond donors (Lipinski definition) is 0. The zero-order valence-electron chi connectivity index (χ0n) is 11.2. The highest BCUT2D eigenvalue weighted by Gasteiger charge is 2.13. The number of thiophene rings is 1. The SMILES string of the molecule is N#Cc1c(-c2ccccc2)ccc2sc3ccccc3c12. The molecule has 2 heteroatoms. The molecule has 3 aromatic carbocycles. The van der Waals surface area contributed by atoms with E-state index in [1.165, 1.54) is 14.8 Å². The molecule has 0 saturated heterocycles. The van der Waals surface area contributed by atoms with Gasteiger partial charge < -0.3 is 0 Å². The van der Waals surface area contributed by atoms with Gasteiger partial charge in [0.1, 0.15) is 6.07 Å². The van der Waals surface area contributed by atoms with Gasteiger partial charge in [-0.1, -0.05) is 54.6 Å². The van der Waals surface area contributed by atoms with Crippen molar-refractivity contribution in [1.29, 1.82) is 5.26 Å². The van der Waals surface area contributed by atoms with Crippen molar-refractivity contribution in [3.05, 3.63) is 72.3 Å². The van der Waals surface area contributed by atoms with Gasteiger partial charge in [0.15, 0.2) is 0 Å². The molecular weight excluding hydrogens is 274 g/mol. The number of nitrogens with zero attached hydrogens (tertiary/aromatic N) is 1. The van der Waals surface area contributed by atoms with Gasteiger partial charge in [0, 0.05) is 25.7 Å². The smallest absolute Gasteiger partial charge is 0.100 e. The van der Waals surface area contributed by atoms with E-state index < -0.39 is 0 Å². The summed E-state index contributed by atoms with van der Waals surface area (Å²) in [5.41, 5.74) is 2.87. The summed E-state index contributed by atoms with van der Waals surface area (Å²) < 4.78 is 2.40. The van der Waals surface area contributed by atoms with Crippen molar-refractivity contribution in [2.75, 3.05) is 0 Å². The standard InChI is InChI=1S/C19H11NS/c20-12-16-14(13-6-2-1-3-7-13)10-11-18-19(16)15-8-4-5-9-17(15)21-18/h1-11H. The molecule has 0 bridgehead atoms. The summed E-state index contributed by atoms with van der Waals surface area (Å²) in [4.78, 5) is 0. The van der Waals surface area contributed by atoms with Crippen LogP contribution in [0.25, 0.3) is 31.3 Å². The van der Waals surface area contributed by atoms with E-state index >= 15 is 0 Å². The van der Waals surface area contributed by atoms with Crippen molar-refractivity contribution in [2.24, 2.45) is 0 Å².